The van der Waals surface area contributed by atoms with Crippen molar-refractivity contribution in [1.29, 1.82) is 0 Å². The summed E-state index contributed by atoms with van der Waals surface area (Å²) in [5, 5.41) is 0. The average Bonchev–Trinajstić information content (AvgIpc) is 2.68. The van der Waals surface area contributed by atoms with E-state index >= 15 is 0 Å². The topological polar surface area (TPSA) is 78.4 Å². The van der Waals surface area contributed by atoms with Crippen LogP contribution in [0.15, 0.2) is 41.6 Å². The van der Waals surface area contributed by atoms with Crippen LogP contribution >= 0.6 is 0 Å². The van der Waals surface area contributed by atoms with Crippen LogP contribution < -0.4 is 14.5 Å². The van der Waals surface area contributed by atoms with Gasteiger partial charge in [0.15, 0.2) is 0 Å². The Hall–Kier alpha value is -2.33. The van der Waals surface area contributed by atoms with Crippen molar-refractivity contribution in [3.05, 3.63) is 42.4 Å². The number of anilines is 2. The lowest BCUT2D eigenvalue weighted by Gasteiger charge is -2.36. The number of halogens is 2. The summed E-state index contributed by atoms with van der Waals surface area (Å²) in [6.45, 7) is 2.59. The SMILES string of the molecule is CNS(=O)(=O)c1ccc(N2CCN(c3cc(C(F)F)ncn3)CC2)cc1. The lowest BCUT2D eigenvalue weighted by atomic mass is 10.2. The van der Waals surface area contributed by atoms with Gasteiger partial charge in [0.25, 0.3) is 6.43 Å². The first-order chi connectivity index (χ1) is 12.4. The van der Waals surface area contributed by atoms with Gasteiger partial charge in [-0.15, -0.1) is 0 Å². The third-order valence-electron chi connectivity index (χ3n) is 4.28. The van der Waals surface area contributed by atoms with E-state index in [-0.39, 0.29) is 10.6 Å². The number of benzene rings is 1. The Balaban J connectivity index is 1.66. The second kappa shape index (κ2) is 7.50. The Bertz CT molecular complexity index is 853. The predicted octanol–water partition coefficient (Wildman–Crippen LogP) is 1.65. The highest BCUT2D eigenvalue weighted by molar-refractivity contribution is 7.89. The molecule has 1 saturated heterocycles. The summed E-state index contributed by atoms with van der Waals surface area (Å²) in [5.74, 6) is 0.491. The summed E-state index contributed by atoms with van der Waals surface area (Å²) in [7, 11) is -2.08. The van der Waals surface area contributed by atoms with Gasteiger partial charge in [-0.1, -0.05) is 0 Å². The molecule has 0 aliphatic carbocycles. The molecule has 0 spiro atoms. The van der Waals surface area contributed by atoms with Crippen LogP contribution in [0.4, 0.5) is 20.3 Å². The minimum Gasteiger partial charge on any atom is -0.368 e. The fourth-order valence-corrected chi connectivity index (χ4v) is 3.53. The molecule has 0 radical (unpaired) electrons. The Morgan fingerprint density at radius 3 is 2.23 bits per heavy atom. The molecule has 3 rings (SSSR count). The molecule has 1 aliphatic rings. The number of hydrogen-bond acceptors (Lipinski definition) is 6. The van der Waals surface area contributed by atoms with Crippen LogP contribution in [-0.4, -0.2) is 51.6 Å². The van der Waals surface area contributed by atoms with E-state index in [9.17, 15) is 17.2 Å². The normalized spacial score (nSPS) is 15.5. The molecule has 1 N–H and O–H groups in total. The zero-order chi connectivity index (χ0) is 18.7. The fourth-order valence-electron chi connectivity index (χ4n) is 2.80. The highest BCUT2D eigenvalue weighted by atomic mass is 32.2. The number of rotatable bonds is 5. The van der Waals surface area contributed by atoms with E-state index in [1.54, 1.807) is 24.3 Å². The monoisotopic (exact) mass is 383 g/mol. The van der Waals surface area contributed by atoms with Crippen molar-refractivity contribution in [2.24, 2.45) is 0 Å². The van der Waals surface area contributed by atoms with E-state index in [1.165, 1.54) is 13.1 Å². The number of nitrogens with one attached hydrogen (secondary N) is 1. The highest BCUT2D eigenvalue weighted by Gasteiger charge is 2.20. The van der Waals surface area contributed by atoms with Crippen LogP contribution in [0.1, 0.15) is 12.1 Å². The minimum absolute atomic E-state index is 0.211. The third-order valence-corrected chi connectivity index (χ3v) is 5.71. The molecular formula is C16H19F2N5O2S. The highest BCUT2D eigenvalue weighted by Crippen LogP contribution is 2.23. The number of aromatic nitrogens is 2. The smallest absolute Gasteiger partial charge is 0.280 e. The average molecular weight is 383 g/mol. The molecule has 1 aromatic carbocycles. The van der Waals surface area contributed by atoms with Crippen molar-refractivity contribution in [3.8, 4) is 0 Å². The Morgan fingerprint density at radius 2 is 1.65 bits per heavy atom. The standard InChI is InChI=1S/C16H19F2N5O2S/c1-19-26(24,25)13-4-2-12(3-5-13)22-6-8-23(9-7-22)15-10-14(16(17)18)20-11-21-15/h2-5,10-11,16,19H,6-9H2,1H3. The van der Waals surface area contributed by atoms with Crippen molar-refractivity contribution in [2.75, 3.05) is 43.0 Å². The number of piperazine rings is 1. The van der Waals surface area contributed by atoms with Crippen LogP contribution in [0.5, 0.6) is 0 Å². The molecule has 1 aromatic heterocycles. The molecule has 0 saturated carbocycles. The van der Waals surface area contributed by atoms with E-state index in [4.69, 9.17) is 0 Å². The molecule has 140 valence electrons. The van der Waals surface area contributed by atoms with Crippen LogP contribution in [0.2, 0.25) is 0 Å². The van der Waals surface area contributed by atoms with Crippen molar-refractivity contribution in [2.45, 2.75) is 11.3 Å². The second-order valence-corrected chi connectivity index (χ2v) is 7.66. The van der Waals surface area contributed by atoms with E-state index in [1.807, 2.05) is 4.90 Å². The Kier molecular flexibility index (Phi) is 5.33. The zero-order valence-electron chi connectivity index (χ0n) is 14.1. The van der Waals surface area contributed by atoms with Crippen molar-refractivity contribution < 1.29 is 17.2 Å². The number of nitrogens with zero attached hydrogens (tertiary/aromatic N) is 4. The molecule has 0 bridgehead atoms. The summed E-state index contributed by atoms with van der Waals surface area (Å²) in [4.78, 5) is 11.9. The molecule has 2 heterocycles. The molecule has 1 aliphatic heterocycles. The van der Waals surface area contributed by atoms with Crippen LogP contribution in [0, 0.1) is 0 Å². The lowest BCUT2D eigenvalue weighted by molar-refractivity contribution is 0.146. The maximum absolute atomic E-state index is 12.8. The largest absolute Gasteiger partial charge is 0.368 e. The molecule has 10 heteroatoms. The molecule has 0 amide bonds. The Morgan fingerprint density at radius 1 is 1.04 bits per heavy atom. The maximum Gasteiger partial charge on any atom is 0.280 e. The van der Waals surface area contributed by atoms with E-state index < -0.39 is 16.4 Å². The summed E-state index contributed by atoms with van der Waals surface area (Å²) < 4.78 is 51.4. The van der Waals surface area contributed by atoms with Gasteiger partial charge in [-0.25, -0.2) is 31.9 Å². The third kappa shape index (κ3) is 3.91. The van der Waals surface area contributed by atoms with E-state index in [0.717, 1.165) is 12.0 Å². The van der Waals surface area contributed by atoms with Gasteiger partial charge in [0.2, 0.25) is 10.0 Å². The van der Waals surface area contributed by atoms with Gasteiger partial charge >= 0.3 is 0 Å². The first kappa shape index (κ1) is 18.5. The number of alkyl halides is 2. The molecule has 0 atom stereocenters. The summed E-state index contributed by atoms with van der Waals surface area (Å²) in [6, 6.07) is 7.97. The molecule has 0 unspecified atom stereocenters. The fraction of sp³-hybridized carbons (Fsp3) is 0.375. The maximum atomic E-state index is 12.8. The van der Waals surface area contributed by atoms with E-state index in [2.05, 4.69) is 19.6 Å². The van der Waals surface area contributed by atoms with Gasteiger partial charge < -0.3 is 9.80 Å². The first-order valence-electron chi connectivity index (χ1n) is 8.04. The quantitative estimate of drug-likeness (QED) is 0.846. The summed E-state index contributed by atoms with van der Waals surface area (Å²) in [6.07, 6.45) is -1.46. The minimum atomic E-state index is -3.45. The van der Waals surface area contributed by atoms with Gasteiger partial charge in [0.05, 0.1) is 4.90 Å². The van der Waals surface area contributed by atoms with Gasteiger partial charge in [0.1, 0.15) is 17.8 Å². The van der Waals surface area contributed by atoms with E-state index in [0.29, 0.717) is 32.0 Å². The first-order valence-corrected chi connectivity index (χ1v) is 9.52. The van der Waals surface area contributed by atoms with Crippen LogP contribution in [-0.2, 0) is 10.0 Å². The van der Waals surface area contributed by atoms with Crippen LogP contribution in [0.3, 0.4) is 0 Å². The van der Waals surface area contributed by atoms with Crippen molar-refractivity contribution in [1.82, 2.24) is 14.7 Å². The summed E-state index contributed by atoms with van der Waals surface area (Å²) in [5.41, 5.74) is 0.634. The van der Waals surface area contributed by atoms with Gasteiger partial charge in [0, 0.05) is 37.9 Å². The molecule has 7 nitrogen and oxygen atoms in total. The molecule has 26 heavy (non-hydrogen) atoms. The molecule has 1 fully saturated rings. The number of sulfonamides is 1. The number of hydrogen-bond donors (Lipinski definition) is 1. The van der Waals surface area contributed by atoms with Crippen molar-refractivity contribution >= 4 is 21.5 Å². The van der Waals surface area contributed by atoms with Crippen LogP contribution in [0.25, 0.3) is 0 Å². The molecular weight excluding hydrogens is 364 g/mol. The van der Waals surface area contributed by atoms with Gasteiger partial charge in [-0.2, -0.15) is 0 Å². The molecule has 2 aromatic rings. The van der Waals surface area contributed by atoms with Crippen molar-refractivity contribution in [3.63, 3.8) is 0 Å². The Labute approximate surface area is 150 Å². The summed E-state index contributed by atoms with van der Waals surface area (Å²) >= 11 is 0. The predicted molar refractivity (Wildman–Crippen MR) is 94.1 cm³/mol. The van der Waals surface area contributed by atoms with Gasteiger partial charge in [-0.3, -0.25) is 0 Å². The van der Waals surface area contributed by atoms with Gasteiger partial charge in [-0.05, 0) is 31.3 Å². The zero-order valence-corrected chi connectivity index (χ0v) is 15.0. The second-order valence-electron chi connectivity index (χ2n) is 5.78. The lowest BCUT2D eigenvalue weighted by Crippen LogP contribution is -2.46.